The summed E-state index contributed by atoms with van der Waals surface area (Å²) in [6.07, 6.45) is 4.97. The molecule has 0 bridgehead atoms. The van der Waals surface area contributed by atoms with Gasteiger partial charge in [-0.3, -0.25) is 0 Å². The molecule has 0 spiro atoms. The lowest BCUT2D eigenvalue weighted by Gasteiger charge is -2.31. The summed E-state index contributed by atoms with van der Waals surface area (Å²) in [6.45, 7) is 5.74. The molecule has 1 aliphatic rings. The quantitative estimate of drug-likeness (QED) is 0.738. The fourth-order valence-electron chi connectivity index (χ4n) is 2.47. The molecule has 1 unspecified atom stereocenters. The number of nitrogens with two attached hydrogens (primary N) is 1. The lowest BCUT2D eigenvalue weighted by molar-refractivity contribution is -0.0573. The van der Waals surface area contributed by atoms with Gasteiger partial charge in [-0.05, 0) is 32.1 Å². The summed E-state index contributed by atoms with van der Waals surface area (Å²) in [5, 5.41) is 5.18. The first-order valence-corrected chi connectivity index (χ1v) is 8.82. The number of hydrogen-bond donors (Lipinski definition) is 1. The number of rotatable bonds is 8. The van der Waals surface area contributed by atoms with Crippen LogP contribution >= 0.6 is 0 Å². The largest absolute Gasteiger partial charge is 0.378 e. The molecule has 0 radical (unpaired) electrons. The molecular weight excluding hydrogens is 266 g/mol. The predicted molar refractivity (Wildman–Crippen MR) is 75.4 cm³/mol. The van der Waals surface area contributed by atoms with Crippen LogP contribution in [0, 0.1) is 5.41 Å². The molecule has 1 saturated heterocycles. The van der Waals surface area contributed by atoms with Crippen LogP contribution in [0.25, 0.3) is 0 Å². The Balaban J connectivity index is 2.44. The monoisotopic (exact) mass is 293 g/mol. The highest BCUT2D eigenvalue weighted by molar-refractivity contribution is 7.89. The Kier molecular flexibility index (Phi) is 6.73. The van der Waals surface area contributed by atoms with Crippen molar-refractivity contribution in [2.75, 3.05) is 25.6 Å². The minimum Gasteiger partial charge on any atom is -0.378 e. The van der Waals surface area contributed by atoms with Crippen molar-refractivity contribution in [1.29, 1.82) is 0 Å². The molecule has 1 atom stereocenters. The lowest BCUT2D eigenvalue weighted by atomic mass is 9.85. The van der Waals surface area contributed by atoms with Crippen molar-refractivity contribution < 1.29 is 17.9 Å². The second-order valence-corrected chi connectivity index (χ2v) is 7.13. The molecule has 0 aromatic carbocycles. The highest BCUT2D eigenvalue weighted by Gasteiger charge is 2.31. The third kappa shape index (κ3) is 6.21. The predicted octanol–water partition coefficient (Wildman–Crippen LogP) is 1.67. The third-order valence-corrected chi connectivity index (χ3v) is 5.01. The summed E-state index contributed by atoms with van der Waals surface area (Å²) in [5.74, 6) is -0.0154. The molecular formula is C13H27NO4S. The molecule has 1 heterocycles. The van der Waals surface area contributed by atoms with Crippen LogP contribution in [0.4, 0.5) is 0 Å². The van der Waals surface area contributed by atoms with E-state index in [-0.39, 0.29) is 17.3 Å². The van der Waals surface area contributed by atoms with Crippen LogP contribution in [0.5, 0.6) is 0 Å². The van der Waals surface area contributed by atoms with Crippen molar-refractivity contribution in [3.05, 3.63) is 0 Å². The molecule has 2 N–H and O–H groups in total. The van der Waals surface area contributed by atoms with E-state index in [1.807, 2.05) is 13.8 Å². The van der Waals surface area contributed by atoms with Gasteiger partial charge in [0.25, 0.3) is 0 Å². The average molecular weight is 293 g/mol. The van der Waals surface area contributed by atoms with Crippen molar-refractivity contribution in [2.45, 2.75) is 52.1 Å². The van der Waals surface area contributed by atoms with Gasteiger partial charge in [0, 0.05) is 12.0 Å². The fourth-order valence-corrected chi connectivity index (χ4v) is 3.82. The maximum absolute atomic E-state index is 11.3. The molecule has 1 rings (SSSR count). The maximum Gasteiger partial charge on any atom is 0.209 e. The van der Waals surface area contributed by atoms with E-state index < -0.39 is 10.0 Å². The molecule has 0 saturated carbocycles. The van der Waals surface area contributed by atoms with Crippen molar-refractivity contribution >= 4 is 10.0 Å². The minimum absolute atomic E-state index is 0.0154. The maximum atomic E-state index is 11.3. The smallest absolute Gasteiger partial charge is 0.209 e. The van der Waals surface area contributed by atoms with Gasteiger partial charge in [0.15, 0.2) is 0 Å². The van der Waals surface area contributed by atoms with Gasteiger partial charge in [-0.2, -0.15) is 0 Å². The van der Waals surface area contributed by atoms with Crippen LogP contribution in [-0.4, -0.2) is 40.1 Å². The van der Waals surface area contributed by atoms with E-state index in [1.165, 1.54) is 6.42 Å². The van der Waals surface area contributed by atoms with Gasteiger partial charge in [0.05, 0.1) is 25.1 Å². The molecule has 19 heavy (non-hydrogen) atoms. The van der Waals surface area contributed by atoms with E-state index in [0.29, 0.717) is 13.2 Å². The Bertz CT molecular complexity index is 346. The van der Waals surface area contributed by atoms with Crippen LogP contribution in [0.15, 0.2) is 0 Å². The Hall–Kier alpha value is -0.170. The Morgan fingerprint density at radius 1 is 1.32 bits per heavy atom. The second-order valence-electron chi connectivity index (χ2n) is 5.52. The number of ether oxygens (including phenoxy) is 2. The summed E-state index contributed by atoms with van der Waals surface area (Å²) in [7, 11) is -3.47. The minimum atomic E-state index is -3.47. The van der Waals surface area contributed by atoms with E-state index in [4.69, 9.17) is 14.6 Å². The zero-order valence-electron chi connectivity index (χ0n) is 12.1. The summed E-state index contributed by atoms with van der Waals surface area (Å²) in [4.78, 5) is 0. The van der Waals surface area contributed by atoms with Gasteiger partial charge in [-0.1, -0.05) is 13.8 Å². The molecule has 114 valence electrons. The average Bonchev–Trinajstić information content (AvgIpc) is 2.37. The van der Waals surface area contributed by atoms with Crippen LogP contribution < -0.4 is 5.14 Å². The van der Waals surface area contributed by atoms with E-state index in [9.17, 15) is 8.42 Å². The fraction of sp³-hybridized carbons (Fsp3) is 1.00. The highest BCUT2D eigenvalue weighted by Crippen LogP contribution is 2.28. The first-order valence-electron chi connectivity index (χ1n) is 7.10. The lowest BCUT2D eigenvalue weighted by Crippen LogP contribution is -2.38. The van der Waals surface area contributed by atoms with E-state index in [0.717, 1.165) is 32.3 Å². The van der Waals surface area contributed by atoms with Gasteiger partial charge in [-0.25, -0.2) is 13.6 Å². The molecule has 1 aliphatic heterocycles. The zero-order chi connectivity index (χ0) is 14.4. The standard InChI is InChI=1S/C13H27NO4S/c1-3-13(4-2,11-19(14,15)16)10-17-9-12-7-5-6-8-18-12/h12H,3-11H2,1-2H3,(H2,14,15,16). The summed E-state index contributed by atoms with van der Waals surface area (Å²) < 4.78 is 34.0. The van der Waals surface area contributed by atoms with Crippen molar-refractivity contribution in [2.24, 2.45) is 10.6 Å². The van der Waals surface area contributed by atoms with Crippen LogP contribution in [0.3, 0.4) is 0 Å². The van der Waals surface area contributed by atoms with E-state index in [1.54, 1.807) is 0 Å². The Morgan fingerprint density at radius 2 is 2.00 bits per heavy atom. The summed E-state index contributed by atoms with van der Waals surface area (Å²) >= 11 is 0. The number of sulfonamides is 1. The van der Waals surface area contributed by atoms with Gasteiger partial charge in [0.1, 0.15) is 0 Å². The number of hydrogen-bond acceptors (Lipinski definition) is 4. The first kappa shape index (κ1) is 16.9. The van der Waals surface area contributed by atoms with Crippen molar-refractivity contribution in [3.8, 4) is 0 Å². The van der Waals surface area contributed by atoms with Crippen molar-refractivity contribution in [3.63, 3.8) is 0 Å². The molecule has 1 fully saturated rings. The van der Waals surface area contributed by atoms with Crippen LogP contribution in [0.2, 0.25) is 0 Å². The van der Waals surface area contributed by atoms with Crippen LogP contribution in [0.1, 0.15) is 46.0 Å². The third-order valence-electron chi connectivity index (χ3n) is 3.99. The Labute approximate surface area is 116 Å². The molecule has 0 aromatic rings. The van der Waals surface area contributed by atoms with Gasteiger partial charge in [-0.15, -0.1) is 0 Å². The van der Waals surface area contributed by atoms with Gasteiger partial charge >= 0.3 is 0 Å². The summed E-state index contributed by atoms with van der Waals surface area (Å²) in [6, 6.07) is 0. The highest BCUT2D eigenvalue weighted by atomic mass is 32.2. The Morgan fingerprint density at radius 3 is 2.47 bits per heavy atom. The van der Waals surface area contributed by atoms with Gasteiger partial charge < -0.3 is 9.47 Å². The SMILES string of the molecule is CCC(CC)(COCC1CCCCO1)CS(N)(=O)=O. The normalized spacial score (nSPS) is 21.5. The molecule has 0 amide bonds. The van der Waals surface area contributed by atoms with E-state index in [2.05, 4.69) is 0 Å². The number of primary sulfonamides is 1. The zero-order valence-corrected chi connectivity index (χ0v) is 12.9. The second kappa shape index (κ2) is 7.57. The molecule has 0 aromatic heterocycles. The molecule has 6 heteroatoms. The topological polar surface area (TPSA) is 78.6 Å². The van der Waals surface area contributed by atoms with Gasteiger partial charge in [0.2, 0.25) is 10.0 Å². The molecule has 0 aliphatic carbocycles. The molecule has 5 nitrogen and oxygen atoms in total. The first-order chi connectivity index (χ1) is 8.91. The van der Waals surface area contributed by atoms with Crippen molar-refractivity contribution in [1.82, 2.24) is 0 Å². The summed E-state index contributed by atoms with van der Waals surface area (Å²) in [5.41, 5.74) is -0.373. The van der Waals surface area contributed by atoms with E-state index >= 15 is 0 Å². The van der Waals surface area contributed by atoms with Crippen LogP contribution in [-0.2, 0) is 19.5 Å².